The van der Waals surface area contributed by atoms with Crippen LogP contribution in [0.2, 0.25) is 0 Å². The second-order valence-electron chi connectivity index (χ2n) is 5.01. The third kappa shape index (κ3) is 2.24. The molecule has 3 rings (SSSR count). The first kappa shape index (κ1) is 14.3. The fraction of sp³-hybridized carbons (Fsp3) is 0.235. The molecule has 0 saturated heterocycles. The molecule has 1 aliphatic rings. The molecule has 2 aromatic rings. The zero-order valence-electron chi connectivity index (χ0n) is 12.7. The van der Waals surface area contributed by atoms with E-state index in [0.717, 1.165) is 16.8 Å². The van der Waals surface area contributed by atoms with E-state index in [4.69, 9.17) is 14.2 Å². The van der Waals surface area contributed by atoms with E-state index >= 15 is 0 Å². The molecular weight excluding hydrogens is 282 g/mol. The van der Waals surface area contributed by atoms with E-state index in [2.05, 4.69) is 5.32 Å². The lowest BCUT2D eigenvalue weighted by molar-refractivity contribution is 0.0435. The van der Waals surface area contributed by atoms with E-state index < -0.39 is 12.2 Å². The molecule has 0 amide bonds. The van der Waals surface area contributed by atoms with Crippen molar-refractivity contribution in [2.24, 2.45) is 0 Å². The largest absolute Gasteiger partial charge is 0.493 e. The normalized spacial score (nSPS) is 16.0. The van der Waals surface area contributed by atoms with Crippen LogP contribution < -0.4 is 14.8 Å². The van der Waals surface area contributed by atoms with Crippen molar-refractivity contribution in [3.8, 4) is 11.5 Å². The summed E-state index contributed by atoms with van der Waals surface area (Å²) in [5.74, 6) is 0.491. The molecule has 0 saturated carbocycles. The minimum atomic E-state index is -0.539. The molecule has 22 heavy (non-hydrogen) atoms. The van der Waals surface area contributed by atoms with Gasteiger partial charge in [-0.05, 0) is 30.7 Å². The van der Waals surface area contributed by atoms with Gasteiger partial charge >= 0.3 is 5.97 Å². The van der Waals surface area contributed by atoms with Gasteiger partial charge in [-0.25, -0.2) is 4.79 Å². The lowest BCUT2D eigenvalue weighted by Gasteiger charge is -2.16. The highest BCUT2D eigenvalue weighted by Crippen LogP contribution is 2.42. The number of carbonyl (C=O) groups is 1. The standard InChI is InChI=1S/C17H17NO4/c1-10-6-4-5-7-12(10)18-16-11-8-9-13(20-2)15(21-3)14(11)17(19)22-16/h4-9,16,18H,1-3H3/t16-/m0/s1. The van der Waals surface area contributed by atoms with Crippen molar-refractivity contribution in [1.82, 2.24) is 0 Å². The molecule has 0 unspecified atom stereocenters. The Hall–Kier alpha value is -2.69. The summed E-state index contributed by atoms with van der Waals surface area (Å²) in [6.07, 6.45) is -0.539. The summed E-state index contributed by atoms with van der Waals surface area (Å²) >= 11 is 0. The van der Waals surface area contributed by atoms with Gasteiger partial charge in [0.1, 0.15) is 5.56 Å². The molecule has 114 valence electrons. The molecule has 0 spiro atoms. The molecular formula is C17H17NO4. The number of aryl methyl sites for hydroxylation is 1. The minimum Gasteiger partial charge on any atom is -0.493 e. The van der Waals surface area contributed by atoms with Crippen LogP contribution in [0.5, 0.6) is 11.5 Å². The molecule has 2 aromatic carbocycles. The van der Waals surface area contributed by atoms with Crippen molar-refractivity contribution in [3.63, 3.8) is 0 Å². The maximum Gasteiger partial charge on any atom is 0.344 e. The number of para-hydroxylation sites is 1. The van der Waals surface area contributed by atoms with Gasteiger partial charge in [0.15, 0.2) is 11.5 Å². The average molecular weight is 299 g/mol. The van der Waals surface area contributed by atoms with Gasteiger partial charge < -0.3 is 19.5 Å². The summed E-state index contributed by atoms with van der Waals surface area (Å²) in [6.45, 7) is 1.99. The smallest absolute Gasteiger partial charge is 0.344 e. The van der Waals surface area contributed by atoms with Crippen molar-refractivity contribution in [2.45, 2.75) is 13.2 Å². The lowest BCUT2D eigenvalue weighted by Crippen LogP contribution is -2.11. The summed E-state index contributed by atoms with van der Waals surface area (Å²) in [5, 5.41) is 3.25. The molecule has 1 N–H and O–H groups in total. The van der Waals surface area contributed by atoms with Gasteiger partial charge in [-0.2, -0.15) is 0 Å². The fourth-order valence-electron chi connectivity index (χ4n) is 2.58. The number of carbonyl (C=O) groups excluding carboxylic acids is 1. The molecule has 0 fully saturated rings. The van der Waals surface area contributed by atoms with Gasteiger partial charge in [0, 0.05) is 11.3 Å². The van der Waals surface area contributed by atoms with Crippen molar-refractivity contribution in [3.05, 3.63) is 53.1 Å². The summed E-state index contributed by atoms with van der Waals surface area (Å²) in [7, 11) is 3.04. The molecule has 1 aliphatic heterocycles. The molecule has 0 aliphatic carbocycles. The molecule has 0 radical (unpaired) electrons. The number of nitrogens with one attached hydrogen (secondary N) is 1. The molecule has 5 heteroatoms. The minimum absolute atomic E-state index is 0.402. The highest BCUT2D eigenvalue weighted by atomic mass is 16.6. The van der Waals surface area contributed by atoms with E-state index in [0.29, 0.717) is 17.1 Å². The number of benzene rings is 2. The number of ether oxygens (including phenoxy) is 3. The Kier molecular flexibility index (Phi) is 3.63. The van der Waals surface area contributed by atoms with Gasteiger partial charge in [0.2, 0.25) is 6.23 Å². The Morgan fingerprint density at radius 1 is 1.09 bits per heavy atom. The Morgan fingerprint density at radius 3 is 2.55 bits per heavy atom. The number of hydrogen-bond donors (Lipinski definition) is 1. The first-order chi connectivity index (χ1) is 10.7. The van der Waals surface area contributed by atoms with Crippen LogP contribution in [-0.2, 0) is 4.74 Å². The van der Waals surface area contributed by atoms with Crippen LogP contribution in [-0.4, -0.2) is 20.2 Å². The average Bonchev–Trinajstić information content (AvgIpc) is 2.85. The van der Waals surface area contributed by atoms with Crippen molar-refractivity contribution in [2.75, 3.05) is 19.5 Å². The van der Waals surface area contributed by atoms with Gasteiger partial charge in [-0.15, -0.1) is 0 Å². The number of cyclic esters (lactones) is 1. The Balaban J connectivity index is 2.00. The van der Waals surface area contributed by atoms with E-state index in [1.165, 1.54) is 14.2 Å². The topological polar surface area (TPSA) is 56.8 Å². The summed E-state index contributed by atoms with van der Waals surface area (Å²) in [4.78, 5) is 12.2. The number of hydrogen-bond acceptors (Lipinski definition) is 5. The van der Waals surface area contributed by atoms with Crippen molar-refractivity contribution in [1.29, 1.82) is 0 Å². The third-order valence-electron chi connectivity index (χ3n) is 3.72. The van der Waals surface area contributed by atoms with Gasteiger partial charge in [-0.3, -0.25) is 0 Å². The monoisotopic (exact) mass is 299 g/mol. The number of esters is 1. The number of fused-ring (bicyclic) bond motifs is 1. The van der Waals surface area contributed by atoms with Crippen LogP contribution in [0.3, 0.4) is 0 Å². The third-order valence-corrected chi connectivity index (χ3v) is 3.72. The molecule has 5 nitrogen and oxygen atoms in total. The summed E-state index contributed by atoms with van der Waals surface area (Å²) < 4.78 is 16.0. The zero-order valence-corrected chi connectivity index (χ0v) is 12.7. The lowest BCUT2D eigenvalue weighted by atomic mass is 10.1. The predicted molar refractivity (Wildman–Crippen MR) is 82.5 cm³/mol. The van der Waals surface area contributed by atoms with Crippen LogP contribution in [0.15, 0.2) is 36.4 Å². The quantitative estimate of drug-likeness (QED) is 0.878. The molecule has 1 atom stereocenters. The van der Waals surface area contributed by atoms with E-state index in [9.17, 15) is 4.79 Å². The van der Waals surface area contributed by atoms with Gasteiger partial charge in [0.05, 0.1) is 14.2 Å². The van der Waals surface area contributed by atoms with Gasteiger partial charge in [0.25, 0.3) is 0 Å². The van der Waals surface area contributed by atoms with Gasteiger partial charge in [-0.1, -0.05) is 18.2 Å². The second-order valence-corrected chi connectivity index (χ2v) is 5.01. The molecule has 0 bridgehead atoms. The number of methoxy groups -OCH3 is 2. The van der Waals surface area contributed by atoms with Crippen LogP contribution >= 0.6 is 0 Å². The highest BCUT2D eigenvalue weighted by molar-refractivity contribution is 5.98. The van der Waals surface area contributed by atoms with Crippen LogP contribution in [0, 0.1) is 6.92 Å². The van der Waals surface area contributed by atoms with E-state index in [1.807, 2.05) is 37.3 Å². The number of anilines is 1. The summed E-state index contributed by atoms with van der Waals surface area (Å²) in [5.41, 5.74) is 3.15. The van der Waals surface area contributed by atoms with E-state index in [-0.39, 0.29) is 0 Å². The second kappa shape index (κ2) is 5.60. The Morgan fingerprint density at radius 2 is 1.86 bits per heavy atom. The van der Waals surface area contributed by atoms with Crippen molar-refractivity contribution >= 4 is 11.7 Å². The zero-order chi connectivity index (χ0) is 15.7. The van der Waals surface area contributed by atoms with Crippen molar-refractivity contribution < 1.29 is 19.0 Å². The molecule has 1 heterocycles. The highest BCUT2D eigenvalue weighted by Gasteiger charge is 2.35. The first-order valence-electron chi connectivity index (χ1n) is 6.93. The SMILES string of the molecule is COc1ccc2c(c1OC)C(=O)O[C@@H]2Nc1ccccc1C. The van der Waals surface area contributed by atoms with Crippen LogP contribution in [0.4, 0.5) is 5.69 Å². The molecule has 0 aromatic heterocycles. The Labute approximate surface area is 128 Å². The van der Waals surface area contributed by atoms with Crippen LogP contribution in [0.1, 0.15) is 27.7 Å². The maximum absolute atomic E-state index is 12.2. The van der Waals surface area contributed by atoms with Crippen LogP contribution in [0.25, 0.3) is 0 Å². The fourth-order valence-corrected chi connectivity index (χ4v) is 2.58. The number of rotatable bonds is 4. The Bertz CT molecular complexity index is 727. The van der Waals surface area contributed by atoms with E-state index in [1.54, 1.807) is 6.07 Å². The maximum atomic E-state index is 12.2. The predicted octanol–water partition coefficient (Wildman–Crippen LogP) is 3.29. The summed E-state index contributed by atoms with van der Waals surface area (Å²) in [6, 6.07) is 11.4. The first-order valence-corrected chi connectivity index (χ1v) is 6.93.